The summed E-state index contributed by atoms with van der Waals surface area (Å²) in [5.74, 6) is -0.192. The molecule has 92 valence electrons. The van der Waals surface area contributed by atoms with Gasteiger partial charge in [0.05, 0.1) is 5.92 Å². The number of hydrogen-bond acceptors (Lipinski definition) is 4. The Morgan fingerprint density at radius 2 is 2.35 bits per heavy atom. The zero-order chi connectivity index (χ0) is 12.3. The molecular weight excluding hydrogens is 218 g/mol. The second-order valence-electron chi connectivity index (χ2n) is 4.46. The van der Waals surface area contributed by atoms with Crippen molar-refractivity contribution in [3.8, 4) is 0 Å². The summed E-state index contributed by atoms with van der Waals surface area (Å²) >= 11 is 0. The Hall–Kier alpha value is -1.65. The lowest BCUT2D eigenvalue weighted by Gasteiger charge is -2.10. The van der Waals surface area contributed by atoms with E-state index in [-0.39, 0.29) is 5.92 Å². The predicted molar refractivity (Wildman–Crippen MR) is 64.0 cm³/mol. The van der Waals surface area contributed by atoms with Crippen molar-refractivity contribution >= 4 is 11.8 Å². The highest BCUT2D eigenvalue weighted by Gasteiger charge is 2.17. The number of aryl methyl sites for hydroxylation is 1. The highest BCUT2D eigenvalue weighted by Crippen LogP contribution is 2.24. The van der Waals surface area contributed by atoms with Gasteiger partial charge in [-0.25, -0.2) is 9.97 Å². The molecule has 1 heterocycles. The van der Waals surface area contributed by atoms with Crippen molar-refractivity contribution in [2.45, 2.75) is 32.6 Å². The SMILES string of the molecule is CC(CCNc1ncnc2c1CCC2)C(=O)O. The molecule has 1 aromatic rings. The Balaban J connectivity index is 1.92. The molecule has 0 fully saturated rings. The Kier molecular flexibility index (Phi) is 3.56. The van der Waals surface area contributed by atoms with Crippen LogP contribution in [0.15, 0.2) is 6.33 Å². The minimum absolute atomic E-state index is 0.322. The first-order valence-electron chi connectivity index (χ1n) is 5.98. The maximum absolute atomic E-state index is 10.7. The fourth-order valence-electron chi connectivity index (χ4n) is 2.04. The summed E-state index contributed by atoms with van der Waals surface area (Å²) in [7, 11) is 0. The molecule has 1 aliphatic carbocycles. The molecule has 2 N–H and O–H groups in total. The van der Waals surface area contributed by atoms with Crippen LogP contribution in [0.1, 0.15) is 31.0 Å². The zero-order valence-corrected chi connectivity index (χ0v) is 9.94. The van der Waals surface area contributed by atoms with Crippen molar-refractivity contribution in [1.82, 2.24) is 9.97 Å². The number of aliphatic carboxylic acids is 1. The highest BCUT2D eigenvalue weighted by atomic mass is 16.4. The van der Waals surface area contributed by atoms with Crippen molar-refractivity contribution in [1.29, 1.82) is 0 Å². The highest BCUT2D eigenvalue weighted by molar-refractivity contribution is 5.69. The molecule has 1 aliphatic rings. The van der Waals surface area contributed by atoms with Gasteiger partial charge in [-0.05, 0) is 25.7 Å². The van der Waals surface area contributed by atoms with E-state index < -0.39 is 5.97 Å². The molecule has 17 heavy (non-hydrogen) atoms. The molecule has 0 amide bonds. The summed E-state index contributed by atoms with van der Waals surface area (Å²) in [6, 6.07) is 0. The topological polar surface area (TPSA) is 75.1 Å². The minimum Gasteiger partial charge on any atom is -0.481 e. The van der Waals surface area contributed by atoms with Crippen LogP contribution in [-0.2, 0) is 17.6 Å². The quantitative estimate of drug-likeness (QED) is 0.808. The first kappa shape index (κ1) is 11.8. The van der Waals surface area contributed by atoms with E-state index in [2.05, 4.69) is 15.3 Å². The first-order valence-corrected chi connectivity index (χ1v) is 5.98. The van der Waals surface area contributed by atoms with E-state index in [9.17, 15) is 4.79 Å². The van der Waals surface area contributed by atoms with Crippen LogP contribution in [0.25, 0.3) is 0 Å². The molecule has 5 heteroatoms. The Labute approximate surface area is 100 Å². The number of carbonyl (C=O) groups is 1. The second-order valence-corrected chi connectivity index (χ2v) is 4.46. The van der Waals surface area contributed by atoms with Gasteiger partial charge in [0, 0.05) is 17.8 Å². The van der Waals surface area contributed by atoms with Gasteiger partial charge in [-0.1, -0.05) is 6.92 Å². The molecule has 0 radical (unpaired) electrons. The zero-order valence-electron chi connectivity index (χ0n) is 9.94. The van der Waals surface area contributed by atoms with E-state index in [1.54, 1.807) is 13.3 Å². The van der Waals surface area contributed by atoms with Gasteiger partial charge in [0.15, 0.2) is 0 Å². The number of nitrogens with zero attached hydrogens (tertiary/aromatic N) is 2. The van der Waals surface area contributed by atoms with Gasteiger partial charge < -0.3 is 10.4 Å². The van der Waals surface area contributed by atoms with Crippen molar-refractivity contribution in [2.75, 3.05) is 11.9 Å². The molecule has 0 saturated heterocycles. The number of fused-ring (bicyclic) bond motifs is 1. The number of aromatic nitrogens is 2. The van der Waals surface area contributed by atoms with E-state index >= 15 is 0 Å². The van der Waals surface area contributed by atoms with E-state index in [1.807, 2.05) is 0 Å². The van der Waals surface area contributed by atoms with Crippen molar-refractivity contribution in [2.24, 2.45) is 5.92 Å². The summed E-state index contributed by atoms with van der Waals surface area (Å²) in [6.45, 7) is 2.35. The molecule has 2 rings (SSSR count). The largest absolute Gasteiger partial charge is 0.481 e. The summed E-state index contributed by atoms with van der Waals surface area (Å²) in [5, 5.41) is 12.0. The van der Waals surface area contributed by atoms with Crippen molar-refractivity contribution in [3.63, 3.8) is 0 Å². The van der Waals surface area contributed by atoms with Crippen molar-refractivity contribution in [3.05, 3.63) is 17.6 Å². The fraction of sp³-hybridized carbons (Fsp3) is 0.583. The number of carboxylic acids is 1. The molecule has 0 saturated carbocycles. The van der Waals surface area contributed by atoms with E-state index in [0.717, 1.165) is 30.8 Å². The molecule has 0 aliphatic heterocycles. The van der Waals surface area contributed by atoms with Crippen LogP contribution < -0.4 is 5.32 Å². The van der Waals surface area contributed by atoms with E-state index in [1.165, 1.54) is 5.56 Å². The third-order valence-electron chi connectivity index (χ3n) is 3.17. The summed E-state index contributed by atoms with van der Waals surface area (Å²) in [5.41, 5.74) is 2.34. The lowest BCUT2D eigenvalue weighted by molar-refractivity contribution is -0.141. The lowest BCUT2D eigenvalue weighted by atomic mass is 10.1. The summed E-state index contributed by atoms with van der Waals surface area (Å²) in [6.07, 6.45) is 5.36. The van der Waals surface area contributed by atoms with Gasteiger partial charge in [-0.2, -0.15) is 0 Å². The minimum atomic E-state index is -0.750. The van der Waals surface area contributed by atoms with Gasteiger partial charge in [0.1, 0.15) is 12.1 Å². The monoisotopic (exact) mass is 235 g/mol. The predicted octanol–water partition coefficient (Wildman–Crippen LogP) is 1.49. The van der Waals surface area contributed by atoms with Crippen LogP contribution in [-0.4, -0.2) is 27.6 Å². The molecule has 0 spiro atoms. The van der Waals surface area contributed by atoms with Crippen LogP contribution in [0.5, 0.6) is 0 Å². The number of hydrogen-bond donors (Lipinski definition) is 2. The van der Waals surface area contributed by atoms with Gasteiger partial charge in [0.25, 0.3) is 0 Å². The van der Waals surface area contributed by atoms with Crippen LogP contribution >= 0.6 is 0 Å². The molecule has 0 bridgehead atoms. The Bertz CT molecular complexity index is 420. The van der Waals surface area contributed by atoms with Gasteiger partial charge in [-0.3, -0.25) is 4.79 Å². The third kappa shape index (κ3) is 2.72. The van der Waals surface area contributed by atoms with Crippen LogP contribution in [0.3, 0.4) is 0 Å². The summed E-state index contributed by atoms with van der Waals surface area (Å²) in [4.78, 5) is 19.1. The lowest BCUT2D eigenvalue weighted by Crippen LogP contribution is -2.15. The second kappa shape index (κ2) is 5.12. The maximum Gasteiger partial charge on any atom is 0.306 e. The number of rotatable bonds is 5. The standard InChI is InChI=1S/C12H17N3O2/c1-8(12(16)17)5-6-13-11-9-3-2-4-10(9)14-7-15-11/h7-8H,2-6H2,1H3,(H,16,17)(H,13,14,15). The van der Waals surface area contributed by atoms with Crippen molar-refractivity contribution < 1.29 is 9.90 Å². The maximum atomic E-state index is 10.7. The molecular formula is C12H17N3O2. The van der Waals surface area contributed by atoms with Gasteiger partial charge in [0.2, 0.25) is 0 Å². The fourth-order valence-corrected chi connectivity index (χ4v) is 2.04. The van der Waals surface area contributed by atoms with Gasteiger partial charge >= 0.3 is 5.97 Å². The molecule has 0 aromatic carbocycles. The molecule has 1 atom stereocenters. The average molecular weight is 235 g/mol. The number of carboxylic acid groups (broad SMARTS) is 1. The van der Waals surface area contributed by atoms with E-state index in [4.69, 9.17) is 5.11 Å². The number of anilines is 1. The number of nitrogens with one attached hydrogen (secondary N) is 1. The average Bonchev–Trinajstić information content (AvgIpc) is 2.77. The molecule has 1 unspecified atom stereocenters. The van der Waals surface area contributed by atoms with Crippen LogP contribution in [0.2, 0.25) is 0 Å². The molecule has 1 aromatic heterocycles. The summed E-state index contributed by atoms with van der Waals surface area (Å²) < 4.78 is 0. The van der Waals surface area contributed by atoms with Crippen LogP contribution in [0, 0.1) is 5.92 Å². The third-order valence-corrected chi connectivity index (χ3v) is 3.17. The Morgan fingerprint density at radius 1 is 1.53 bits per heavy atom. The van der Waals surface area contributed by atoms with E-state index in [0.29, 0.717) is 13.0 Å². The normalized spacial score (nSPS) is 15.4. The first-order chi connectivity index (χ1) is 8.18. The van der Waals surface area contributed by atoms with Gasteiger partial charge in [-0.15, -0.1) is 0 Å². The van der Waals surface area contributed by atoms with Crippen LogP contribution in [0.4, 0.5) is 5.82 Å². The molecule has 5 nitrogen and oxygen atoms in total. The Morgan fingerprint density at radius 3 is 3.12 bits per heavy atom. The smallest absolute Gasteiger partial charge is 0.306 e.